The molecular formula is C22H25N4O3S+. The summed E-state index contributed by atoms with van der Waals surface area (Å²) in [4.78, 5) is 25.0. The first-order chi connectivity index (χ1) is 14.7. The fraction of sp³-hybridized carbons (Fsp3) is 0.409. The molecule has 7 nitrogen and oxygen atoms in total. The first-order valence-corrected chi connectivity index (χ1v) is 11.3. The zero-order valence-corrected chi connectivity index (χ0v) is 17.8. The van der Waals surface area contributed by atoms with Crippen molar-refractivity contribution >= 4 is 33.1 Å². The van der Waals surface area contributed by atoms with Crippen LogP contribution in [0.1, 0.15) is 29.6 Å². The van der Waals surface area contributed by atoms with Crippen molar-refractivity contribution in [2.24, 2.45) is 0 Å². The lowest BCUT2D eigenvalue weighted by atomic mass is 10.2. The Kier molecular flexibility index (Phi) is 5.37. The molecule has 2 aliphatic rings. The molecule has 0 saturated carbocycles. The van der Waals surface area contributed by atoms with Gasteiger partial charge in [0.1, 0.15) is 30.2 Å². The van der Waals surface area contributed by atoms with Crippen LogP contribution in [-0.4, -0.2) is 42.2 Å². The van der Waals surface area contributed by atoms with Crippen LogP contribution in [0.3, 0.4) is 0 Å². The molecule has 3 heterocycles. The molecule has 0 unspecified atom stereocenters. The van der Waals surface area contributed by atoms with Crippen LogP contribution in [0.4, 0.5) is 5.69 Å². The smallest absolute Gasteiger partial charge is 0.231 e. The number of thiophene rings is 1. The lowest BCUT2D eigenvalue weighted by Gasteiger charge is -2.23. The normalized spacial score (nSPS) is 16.6. The number of carbonyl (C=O) groups is 1. The molecule has 0 spiro atoms. The van der Waals surface area contributed by atoms with Crippen molar-refractivity contribution in [1.82, 2.24) is 9.97 Å². The third-order valence-electron chi connectivity index (χ3n) is 5.55. The summed E-state index contributed by atoms with van der Waals surface area (Å²) in [5.41, 5.74) is 2.05. The Morgan fingerprint density at radius 3 is 2.97 bits per heavy atom. The molecule has 5 rings (SSSR count). The van der Waals surface area contributed by atoms with E-state index in [9.17, 15) is 4.79 Å². The Bertz CT molecular complexity index is 1090. The Morgan fingerprint density at radius 1 is 1.27 bits per heavy atom. The average Bonchev–Trinajstić information content (AvgIpc) is 3.29. The number of ether oxygens (including phenoxy) is 2. The van der Waals surface area contributed by atoms with E-state index in [2.05, 4.69) is 5.32 Å². The first-order valence-electron chi connectivity index (χ1n) is 10.4. The van der Waals surface area contributed by atoms with Crippen LogP contribution in [0.2, 0.25) is 0 Å². The molecule has 1 saturated heterocycles. The van der Waals surface area contributed by atoms with Crippen LogP contribution < -0.4 is 15.0 Å². The third-order valence-corrected chi connectivity index (χ3v) is 6.74. The summed E-state index contributed by atoms with van der Waals surface area (Å²) >= 11 is 1.78. The minimum atomic E-state index is -0.108. The largest absolute Gasteiger partial charge is 0.438 e. The second-order valence-electron chi connectivity index (χ2n) is 7.83. The van der Waals surface area contributed by atoms with E-state index < -0.39 is 0 Å². The maximum absolute atomic E-state index is 11.4. The van der Waals surface area contributed by atoms with Gasteiger partial charge in [0.15, 0.2) is 5.82 Å². The molecule has 1 aromatic carbocycles. The number of fused-ring (bicyclic) bond motifs is 3. The summed E-state index contributed by atoms with van der Waals surface area (Å²) in [5, 5.41) is 3.86. The number of aromatic nitrogens is 2. The van der Waals surface area contributed by atoms with Crippen molar-refractivity contribution in [1.29, 1.82) is 0 Å². The van der Waals surface area contributed by atoms with E-state index in [1.165, 1.54) is 28.7 Å². The highest BCUT2D eigenvalue weighted by atomic mass is 32.1. The van der Waals surface area contributed by atoms with E-state index in [4.69, 9.17) is 19.4 Å². The molecule has 2 N–H and O–H groups in total. The molecule has 8 heteroatoms. The number of aryl methyl sites for hydroxylation is 2. The maximum atomic E-state index is 11.4. The molecule has 156 valence electrons. The van der Waals surface area contributed by atoms with Gasteiger partial charge in [0.05, 0.1) is 18.6 Å². The van der Waals surface area contributed by atoms with Gasteiger partial charge < -0.3 is 19.7 Å². The van der Waals surface area contributed by atoms with E-state index in [1.54, 1.807) is 11.3 Å². The quantitative estimate of drug-likeness (QED) is 0.656. The molecular weight excluding hydrogens is 400 g/mol. The van der Waals surface area contributed by atoms with Crippen LogP contribution in [0.15, 0.2) is 24.3 Å². The fourth-order valence-electron chi connectivity index (χ4n) is 4.17. The van der Waals surface area contributed by atoms with Gasteiger partial charge in [-0.1, -0.05) is 6.07 Å². The second kappa shape index (κ2) is 8.29. The van der Waals surface area contributed by atoms with Crippen LogP contribution in [0.25, 0.3) is 10.2 Å². The molecule has 1 amide bonds. The van der Waals surface area contributed by atoms with Crippen molar-refractivity contribution < 1.29 is 19.2 Å². The Morgan fingerprint density at radius 2 is 2.13 bits per heavy atom. The van der Waals surface area contributed by atoms with Gasteiger partial charge in [-0.15, -0.1) is 11.3 Å². The standard InChI is InChI=1S/C22H24N4O3S/c1-14(27)23-15-4-2-5-16(12-15)29-21-20-17-6-3-7-18(17)30-22(20)25-19(24-21)13-26-8-10-28-11-9-26/h2,4-5,12H,3,6-11,13H2,1H3,(H,23,27)/p+1. The van der Waals surface area contributed by atoms with E-state index in [-0.39, 0.29) is 5.91 Å². The van der Waals surface area contributed by atoms with Gasteiger partial charge in [-0.2, -0.15) is 4.98 Å². The van der Waals surface area contributed by atoms with Crippen LogP contribution in [-0.2, 0) is 28.9 Å². The lowest BCUT2D eigenvalue weighted by Crippen LogP contribution is -3.12. The topological polar surface area (TPSA) is 77.8 Å². The predicted octanol–water partition coefficient (Wildman–Crippen LogP) is 2.35. The Balaban J connectivity index is 1.51. The molecule has 0 radical (unpaired) electrons. The van der Waals surface area contributed by atoms with Gasteiger partial charge in [-0.25, -0.2) is 4.98 Å². The molecule has 0 atom stereocenters. The summed E-state index contributed by atoms with van der Waals surface area (Å²) in [6, 6.07) is 7.43. The van der Waals surface area contributed by atoms with Gasteiger partial charge in [0.25, 0.3) is 0 Å². The van der Waals surface area contributed by atoms with Crippen LogP contribution in [0.5, 0.6) is 11.6 Å². The number of carbonyl (C=O) groups excluding carboxylic acids is 1. The maximum Gasteiger partial charge on any atom is 0.231 e. The SMILES string of the molecule is CC(=O)Nc1cccc(Oc2nc(C[NH+]3CCOCC3)nc3sc4c(c23)CCC4)c1. The van der Waals surface area contributed by atoms with Crippen LogP contribution in [0, 0.1) is 0 Å². The summed E-state index contributed by atoms with van der Waals surface area (Å²) < 4.78 is 11.8. The Labute approximate surface area is 179 Å². The number of hydrogen-bond acceptors (Lipinski definition) is 6. The van der Waals surface area contributed by atoms with Crippen molar-refractivity contribution in [2.45, 2.75) is 32.7 Å². The lowest BCUT2D eigenvalue weighted by molar-refractivity contribution is -0.922. The van der Waals surface area contributed by atoms with E-state index in [1.807, 2.05) is 24.3 Å². The van der Waals surface area contributed by atoms with Crippen molar-refractivity contribution in [2.75, 3.05) is 31.6 Å². The Hall–Kier alpha value is -2.55. The minimum Gasteiger partial charge on any atom is -0.438 e. The second-order valence-corrected chi connectivity index (χ2v) is 8.92. The van der Waals surface area contributed by atoms with Gasteiger partial charge in [-0.05, 0) is 37.0 Å². The third kappa shape index (κ3) is 4.03. The highest BCUT2D eigenvalue weighted by Crippen LogP contribution is 2.41. The number of morpholine rings is 1. The van der Waals surface area contributed by atoms with Gasteiger partial charge in [0, 0.05) is 23.6 Å². The highest BCUT2D eigenvalue weighted by Gasteiger charge is 2.25. The highest BCUT2D eigenvalue weighted by molar-refractivity contribution is 7.19. The number of rotatable bonds is 5. The van der Waals surface area contributed by atoms with Crippen molar-refractivity contribution in [3.8, 4) is 11.6 Å². The summed E-state index contributed by atoms with van der Waals surface area (Å²) in [6.07, 6.45) is 3.33. The average molecular weight is 426 g/mol. The molecule has 1 aliphatic carbocycles. The van der Waals surface area contributed by atoms with E-state index in [0.717, 1.165) is 61.7 Å². The number of benzene rings is 1. The monoisotopic (exact) mass is 425 g/mol. The molecule has 0 bridgehead atoms. The van der Waals surface area contributed by atoms with Crippen molar-refractivity contribution in [3.63, 3.8) is 0 Å². The number of amides is 1. The number of nitrogens with zero attached hydrogens (tertiary/aromatic N) is 2. The number of anilines is 1. The van der Waals surface area contributed by atoms with E-state index in [0.29, 0.717) is 17.3 Å². The zero-order valence-electron chi connectivity index (χ0n) is 17.0. The zero-order chi connectivity index (χ0) is 20.5. The fourth-order valence-corrected chi connectivity index (χ4v) is 5.44. The molecule has 30 heavy (non-hydrogen) atoms. The summed E-state index contributed by atoms with van der Waals surface area (Å²) in [6.45, 7) is 5.77. The van der Waals surface area contributed by atoms with Gasteiger partial charge in [0.2, 0.25) is 11.8 Å². The van der Waals surface area contributed by atoms with E-state index >= 15 is 0 Å². The molecule has 1 aliphatic heterocycles. The van der Waals surface area contributed by atoms with Crippen LogP contribution >= 0.6 is 11.3 Å². The number of nitrogens with one attached hydrogen (secondary N) is 2. The summed E-state index contributed by atoms with van der Waals surface area (Å²) in [5.74, 6) is 1.99. The molecule has 1 fully saturated rings. The molecule has 3 aromatic rings. The molecule has 2 aromatic heterocycles. The first kappa shape index (κ1) is 19.4. The van der Waals surface area contributed by atoms with Gasteiger partial charge in [-0.3, -0.25) is 4.79 Å². The van der Waals surface area contributed by atoms with Crippen molar-refractivity contribution in [3.05, 3.63) is 40.5 Å². The van der Waals surface area contributed by atoms with Gasteiger partial charge >= 0.3 is 0 Å². The summed E-state index contributed by atoms with van der Waals surface area (Å²) in [7, 11) is 0. The minimum absolute atomic E-state index is 0.108. The predicted molar refractivity (Wildman–Crippen MR) is 115 cm³/mol. The number of hydrogen-bond donors (Lipinski definition) is 2. The number of quaternary nitrogens is 1.